The molecule has 1 saturated carbocycles. The van der Waals surface area contributed by atoms with E-state index in [2.05, 4.69) is 15.5 Å². The van der Waals surface area contributed by atoms with Gasteiger partial charge in [0.15, 0.2) is 5.82 Å². The summed E-state index contributed by atoms with van der Waals surface area (Å²) in [5, 5.41) is 7.03. The van der Waals surface area contributed by atoms with Crippen molar-refractivity contribution < 1.29 is 17.7 Å². The summed E-state index contributed by atoms with van der Waals surface area (Å²) in [7, 11) is -0.595. The Kier molecular flexibility index (Phi) is 4.85. The van der Waals surface area contributed by atoms with E-state index in [1.54, 1.807) is 6.92 Å². The number of benzene rings is 1. The molecule has 0 bridgehead atoms. The molecule has 1 aliphatic carbocycles. The predicted molar refractivity (Wildman–Crippen MR) is 94.0 cm³/mol. The number of carbonyl (C=O) groups excluding carboxylic acids is 1. The summed E-state index contributed by atoms with van der Waals surface area (Å²) < 4.78 is 30.5. The molecule has 1 aromatic heterocycles. The summed E-state index contributed by atoms with van der Waals surface area (Å²) in [4.78, 5) is 17.2. The standard InChI is InChI=1S/C17H22N4O4S/c1-12-18-16(20-25-12)17(10-4-5-11-17)19-15(22)13-6-8-14(9-7-13)26(23,24)21(2)3/h6-9H,4-5,10-11H2,1-3H3,(H,19,22). The summed E-state index contributed by atoms with van der Waals surface area (Å²) in [6.07, 6.45) is 3.41. The van der Waals surface area contributed by atoms with Crippen LogP contribution in [0.15, 0.2) is 33.7 Å². The van der Waals surface area contributed by atoms with Gasteiger partial charge in [-0.1, -0.05) is 18.0 Å². The Bertz CT molecular complexity index is 897. The number of aromatic nitrogens is 2. The number of amides is 1. The van der Waals surface area contributed by atoms with Crippen LogP contribution in [0.25, 0.3) is 0 Å². The number of rotatable bonds is 5. The molecule has 8 nitrogen and oxygen atoms in total. The van der Waals surface area contributed by atoms with Crippen molar-refractivity contribution in [3.05, 3.63) is 41.5 Å². The smallest absolute Gasteiger partial charge is 0.252 e. The Morgan fingerprint density at radius 3 is 2.31 bits per heavy atom. The summed E-state index contributed by atoms with van der Waals surface area (Å²) in [6.45, 7) is 1.71. The van der Waals surface area contributed by atoms with Crippen LogP contribution < -0.4 is 5.32 Å². The van der Waals surface area contributed by atoms with Crippen LogP contribution in [0, 0.1) is 6.92 Å². The molecule has 0 radical (unpaired) electrons. The second-order valence-corrected chi connectivity index (χ2v) is 8.84. The fourth-order valence-electron chi connectivity index (χ4n) is 3.16. The average molecular weight is 378 g/mol. The number of sulfonamides is 1. The lowest BCUT2D eigenvalue weighted by atomic mass is 9.96. The van der Waals surface area contributed by atoms with Crippen molar-refractivity contribution in [3.63, 3.8) is 0 Å². The largest absolute Gasteiger partial charge is 0.340 e. The van der Waals surface area contributed by atoms with Crippen molar-refractivity contribution in [1.29, 1.82) is 0 Å². The molecule has 1 heterocycles. The van der Waals surface area contributed by atoms with E-state index in [4.69, 9.17) is 4.52 Å². The van der Waals surface area contributed by atoms with E-state index in [0.29, 0.717) is 17.3 Å². The quantitative estimate of drug-likeness (QED) is 0.851. The molecule has 0 unspecified atom stereocenters. The maximum absolute atomic E-state index is 12.7. The van der Waals surface area contributed by atoms with E-state index in [9.17, 15) is 13.2 Å². The first-order chi connectivity index (χ1) is 12.2. The number of aryl methyl sites for hydroxylation is 1. The molecular formula is C17H22N4O4S. The maximum atomic E-state index is 12.7. The minimum atomic E-state index is -3.52. The SMILES string of the molecule is Cc1nc(C2(NC(=O)c3ccc(S(=O)(=O)N(C)C)cc3)CCCC2)no1. The molecule has 3 rings (SSSR count). The second-order valence-electron chi connectivity index (χ2n) is 6.69. The van der Waals surface area contributed by atoms with Gasteiger partial charge >= 0.3 is 0 Å². The van der Waals surface area contributed by atoms with E-state index in [1.165, 1.54) is 38.4 Å². The van der Waals surface area contributed by atoms with Crippen LogP contribution in [-0.2, 0) is 15.6 Å². The molecule has 9 heteroatoms. The third-order valence-corrected chi connectivity index (χ3v) is 6.49. The Balaban J connectivity index is 1.83. The number of nitrogens with zero attached hydrogens (tertiary/aromatic N) is 3. The van der Waals surface area contributed by atoms with E-state index in [1.807, 2.05) is 0 Å². The van der Waals surface area contributed by atoms with E-state index in [0.717, 1.165) is 30.0 Å². The summed E-state index contributed by atoms with van der Waals surface area (Å²) >= 11 is 0. The van der Waals surface area contributed by atoms with Crippen LogP contribution in [-0.4, -0.2) is 42.9 Å². The number of hydrogen-bond acceptors (Lipinski definition) is 6. The molecule has 1 amide bonds. The van der Waals surface area contributed by atoms with Gasteiger partial charge < -0.3 is 9.84 Å². The van der Waals surface area contributed by atoms with Gasteiger partial charge in [0, 0.05) is 26.6 Å². The fourth-order valence-corrected chi connectivity index (χ4v) is 4.06. The molecule has 2 aromatic rings. The topological polar surface area (TPSA) is 105 Å². The monoisotopic (exact) mass is 378 g/mol. The lowest BCUT2D eigenvalue weighted by molar-refractivity contribution is 0.0892. The van der Waals surface area contributed by atoms with Crippen molar-refractivity contribution in [2.24, 2.45) is 0 Å². The Morgan fingerprint density at radius 2 is 1.81 bits per heavy atom. The third-order valence-electron chi connectivity index (χ3n) is 4.66. The van der Waals surface area contributed by atoms with E-state index in [-0.39, 0.29) is 10.8 Å². The van der Waals surface area contributed by atoms with Gasteiger partial charge in [-0.25, -0.2) is 12.7 Å². The number of nitrogens with one attached hydrogen (secondary N) is 1. The predicted octanol–water partition coefficient (Wildman–Crippen LogP) is 1.83. The molecule has 0 spiro atoms. The van der Waals surface area contributed by atoms with Gasteiger partial charge in [-0.3, -0.25) is 4.79 Å². The fraction of sp³-hybridized carbons (Fsp3) is 0.471. The second kappa shape index (κ2) is 6.81. The van der Waals surface area contributed by atoms with Crippen LogP contribution in [0.2, 0.25) is 0 Å². The molecule has 1 N–H and O–H groups in total. The Labute approximate surface area is 152 Å². The first-order valence-electron chi connectivity index (χ1n) is 8.40. The first-order valence-corrected chi connectivity index (χ1v) is 9.84. The highest BCUT2D eigenvalue weighted by molar-refractivity contribution is 7.89. The van der Waals surface area contributed by atoms with Crippen molar-refractivity contribution in [1.82, 2.24) is 19.8 Å². The van der Waals surface area contributed by atoms with Crippen LogP contribution in [0.4, 0.5) is 0 Å². The van der Waals surface area contributed by atoms with Crippen molar-refractivity contribution >= 4 is 15.9 Å². The van der Waals surface area contributed by atoms with Crippen LogP contribution in [0.1, 0.15) is 47.8 Å². The highest BCUT2D eigenvalue weighted by atomic mass is 32.2. The van der Waals surface area contributed by atoms with Gasteiger partial charge in [-0.15, -0.1) is 0 Å². The zero-order chi connectivity index (χ0) is 18.9. The minimum absolute atomic E-state index is 0.142. The number of hydrogen-bond donors (Lipinski definition) is 1. The van der Waals surface area contributed by atoms with Crippen molar-refractivity contribution in [3.8, 4) is 0 Å². The van der Waals surface area contributed by atoms with Gasteiger partial charge in [0.05, 0.1) is 4.90 Å². The molecular weight excluding hydrogens is 356 g/mol. The number of carbonyl (C=O) groups is 1. The van der Waals surface area contributed by atoms with E-state index >= 15 is 0 Å². The Hall–Kier alpha value is -2.26. The summed E-state index contributed by atoms with van der Waals surface area (Å²) in [6, 6.07) is 5.89. The van der Waals surface area contributed by atoms with Gasteiger partial charge in [0.25, 0.3) is 5.91 Å². The van der Waals surface area contributed by atoms with Gasteiger partial charge in [-0.05, 0) is 37.1 Å². The van der Waals surface area contributed by atoms with Crippen molar-refractivity contribution in [2.75, 3.05) is 14.1 Å². The molecule has 0 atom stereocenters. The molecule has 1 aliphatic rings. The Morgan fingerprint density at radius 1 is 1.19 bits per heavy atom. The van der Waals surface area contributed by atoms with Gasteiger partial charge in [0.2, 0.25) is 15.9 Å². The molecule has 1 fully saturated rings. The normalized spacial score (nSPS) is 16.8. The summed E-state index contributed by atoms with van der Waals surface area (Å²) in [5.41, 5.74) is -0.252. The summed E-state index contributed by atoms with van der Waals surface area (Å²) in [5.74, 6) is 0.662. The van der Waals surface area contributed by atoms with Crippen LogP contribution in [0.5, 0.6) is 0 Å². The maximum Gasteiger partial charge on any atom is 0.252 e. The van der Waals surface area contributed by atoms with Crippen molar-refractivity contribution in [2.45, 2.75) is 43.0 Å². The molecule has 0 aliphatic heterocycles. The van der Waals surface area contributed by atoms with Crippen LogP contribution >= 0.6 is 0 Å². The highest BCUT2D eigenvalue weighted by Crippen LogP contribution is 2.37. The zero-order valence-electron chi connectivity index (χ0n) is 15.0. The van der Waals surface area contributed by atoms with Gasteiger partial charge in [-0.2, -0.15) is 4.98 Å². The molecule has 140 valence electrons. The lowest BCUT2D eigenvalue weighted by Gasteiger charge is -2.26. The van der Waals surface area contributed by atoms with E-state index < -0.39 is 15.6 Å². The molecule has 0 saturated heterocycles. The molecule has 1 aromatic carbocycles. The zero-order valence-corrected chi connectivity index (χ0v) is 15.8. The minimum Gasteiger partial charge on any atom is -0.340 e. The first kappa shape index (κ1) is 18.5. The highest BCUT2D eigenvalue weighted by Gasteiger charge is 2.41. The van der Waals surface area contributed by atoms with Crippen LogP contribution in [0.3, 0.4) is 0 Å². The molecule has 26 heavy (non-hydrogen) atoms. The average Bonchev–Trinajstić information content (AvgIpc) is 3.24. The lowest BCUT2D eigenvalue weighted by Crippen LogP contribution is -2.44. The third kappa shape index (κ3) is 3.36. The van der Waals surface area contributed by atoms with Gasteiger partial charge in [0.1, 0.15) is 5.54 Å².